The van der Waals surface area contributed by atoms with Gasteiger partial charge in [0.1, 0.15) is 5.58 Å². The van der Waals surface area contributed by atoms with E-state index in [4.69, 9.17) is 19.6 Å². The van der Waals surface area contributed by atoms with Crippen LogP contribution in [-0.2, 0) is 9.47 Å². The van der Waals surface area contributed by atoms with E-state index in [1.54, 1.807) is 13.0 Å². The Bertz CT molecular complexity index is 837. The largest absolute Gasteiger partial charge is 0.462 e. The molecule has 3 rings (SSSR count). The fraction of sp³-hybridized carbons (Fsp3) is 0.412. The van der Waals surface area contributed by atoms with E-state index in [1.807, 2.05) is 13.0 Å². The Labute approximate surface area is 138 Å². The van der Waals surface area contributed by atoms with Crippen LogP contribution in [0.5, 0.6) is 0 Å². The van der Waals surface area contributed by atoms with Crippen molar-refractivity contribution in [1.82, 2.24) is 0 Å². The first-order chi connectivity index (χ1) is 11.5. The van der Waals surface area contributed by atoms with Gasteiger partial charge in [-0.2, -0.15) is 0 Å². The molecule has 0 saturated carbocycles. The van der Waals surface area contributed by atoms with Crippen LogP contribution in [-0.4, -0.2) is 38.9 Å². The monoisotopic (exact) mass is 332 g/mol. The van der Waals surface area contributed by atoms with Gasteiger partial charge < -0.3 is 24.5 Å². The molecule has 0 aliphatic carbocycles. The molecule has 0 unspecified atom stereocenters. The molecule has 7 heteroatoms. The summed E-state index contributed by atoms with van der Waals surface area (Å²) < 4.78 is 15.7. The minimum atomic E-state index is -0.777. The van der Waals surface area contributed by atoms with Gasteiger partial charge in [-0.1, -0.05) is 0 Å². The number of hydrogen-bond acceptors (Lipinski definition) is 7. The number of nitrogen functional groups attached to an aromatic ring is 1. The van der Waals surface area contributed by atoms with Gasteiger partial charge in [0.15, 0.2) is 5.56 Å². The maximum absolute atomic E-state index is 12.2. The van der Waals surface area contributed by atoms with E-state index in [0.29, 0.717) is 24.2 Å². The number of carbonyl (C=O) groups is 1. The maximum Gasteiger partial charge on any atom is 0.353 e. The predicted octanol–water partition coefficient (Wildman–Crippen LogP) is 1.70. The minimum Gasteiger partial charge on any atom is -0.462 e. The lowest BCUT2D eigenvalue weighted by Crippen LogP contribution is -2.36. The molecule has 1 fully saturated rings. The Kier molecular flexibility index (Phi) is 4.44. The highest BCUT2D eigenvalue weighted by atomic mass is 16.5. The Balaban J connectivity index is 2.14. The molecule has 0 amide bonds. The second kappa shape index (κ2) is 6.52. The Morgan fingerprint density at radius 1 is 1.33 bits per heavy atom. The molecule has 2 heterocycles. The third-order valence-corrected chi connectivity index (χ3v) is 4.17. The highest BCUT2D eigenvalue weighted by Crippen LogP contribution is 2.32. The molecular weight excluding hydrogens is 312 g/mol. The summed E-state index contributed by atoms with van der Waals surface area (Å²) in [4.78, 5) is 26.3. The standard InChI is InChI=1S/C17H20N2O5/c1-3-23-16(20)13-14(18)11-4-5-12(19-6-8-22-9-7-19)10(2)15(11)24-17(13)21/h4-5H,3,6-9,18H2,1-2H3. The van der Waals surface area contributed by atoms with E-state index >= 15 is 0 Å². The molecule has 128 valence electrons. The summed E-state index contributed by atoms with van der Waals surface area (Å²) in [6.07, 6.45) is 0. The fourth-order valence-corrected chi connectivity index (χ4v) is 2.96. The van der Waals surface area contributed by atoms with Crippen LogP contribution < -0.4 is 16.3 Å². The SMILES string of the molecule is CCOC(=O)c1c(N)c2ccc(N3CCOCC3)c(C)c2oc1=O. The van der Waals surface area contributed by atoms with Crippen molar-refractivity contribution in [2.24, 2.45) is 0 Å². The second-order valence-corrected chi connectivity index (χ2v) is 5.58. The molecule has 0 spiro atoms. The quantitative estimate of drug-likeness (QED) is 0.675. The van der Waals surface area contributed by atoms with Crippen LogP contribution in [0.1, 0.15) is 22.8 Å². The molecule has 1 saturated heterocycles. The molecule has 1 aliphatic rings. The zero-order valence-corrected chi connectivity index (χ0v) is 13.8. The van der Waals surface area contributed by atoms with Crippen LogP contribution in [0, 0.1) is 6.92 Å². The molecule has 0 atom stereocenters. The Hall–Kier alpha value is -2.54. The Morgan fingerprint density at radius 3 is 2.71 bits per heavy atom. The minimum absolute atomic E-state index is 0.0938. The summed E-state index contributed by atoms with van der Waals surface area (Å²) in [6, 6.07) is 3.70. The highest BCUT2D eigenvalue weighted by molar-refractivity contribution is 6.04. The van der Waals surface area contributed by atoms with Crippen LogP contribution in [0.2, 0.25) is 0 Å². The van der Waals surface area contributed by atoms with Gasteiger partial charge in [0, 0.05) is 29.7 Å². The van der Waals surface area contributed by atoms with Crippen molar-refractivity contribution in [3.63, 3.8) is 0 Å². The number of hydrogen-bond donors (Lipinski definition) is 1. The number of anilines is 2. The van der Waals surface area contributed by atoms with E-state index in [-0.39, 0.29) is 17.9 Å². The van der Waals surface area contributed by atoms with Gasteiger partial charge in [-0.3, -0.25) is 0 Å². The van der Waals surface area contributed by atoms with Crippen molar-refractivity contribution in [3.8, 4) is 0 Å². The second-order valence-electron chi connectivity index (χ2n) is 5.58. The lowest BCUT2D eigenvalue weighted by atomic mass is 10.1. The van der Waals surface area contributed by atoms with Crippen LogP contribution in [0.4, 0.5) is 11.4 Å². The third kappa shape index (κ3) is 2.71. The summed E-state index contributed by atoms with van der Waals surface area (Å²) >= 11 is 0. The molecule has 1 aromatic heterocycles. The average molecular weight is 332 g/mol. The molecular formula is C17H20N2O5. The molecule has 2 N–H and O–H groups in total. The van der Waals surface area contributed by atoms with E-state index in [9.17, 15) is 9.59 Å². The number of nitrogens with two attached hydrogens (primary N) is 1. The van der Waals surface area contributed by atoms with Crippen molar-refractivity contribution in [2.75, 3.05) is 43.5 Å². The van der Waals surface area contributed by atoms with Crippen LogP contribution in [0.3, 0.4) is 0 Å². The van der Waals surface area contributed by atoms with Crippen molar-refractivity contribution < 1.29 is 18.7 Å². The molecule has 2 aromatic rings. The van der Waals surface area contributed by atoms with Crippen molar-refractivity contribution in [2.45, 2.75) is 13.8 Å². The number of ether oxygens (including phenoxy) is 2. The van der Waals surface area contributed by atoms with Gasteiger partial charge in [0.2, 0.25) is 0 Å². The van der Waals surface area contributed by atoms with E-state index in [0.717, 1.165) is 24.3 Å². The number of fused-ring (bicyclic) bond motifs is 1. The van der Waals surface area contributed by atoms with Gasteiger partial charge in [-0.05, 0) is 26.0 Å². The first-order valence-corrected chi connectivity index (χ1v) is 7.90. The summed E-state index contributed by atoms with van der Waals surface area (Å²) in [5.74, 6) is -0.763. The molecule has 1 aromatic carbocycles. The first kappa shape index (κ1) is 16.3. The topological polar surface area (TPSA) is 95.0 Å². The fourth-order valence-electron chi connectivity index (χ4n) is 2.96. The van der Waals surface area contributed by atoms with E-state index < -0.39 is 11.6 Å². The number of aryl methyl sites for hydroxylation is 1. The third-order valence-electron chi connectivity index (χ3n) is 4.17. The number of esters is 1. The summed E-state index contributed by atoms with van der Waals surface area (Å²) in [5.41, 5.74) is 7.30. The van der Waals surface area contributed by atoms with Crippen LogP contribution in [0.15, 0.2) is 21.3 Å². The van der Waals surface area contributed by atoms with Crippen molar-refractivity contribution in [3.05, 3.63) is 33.7 Å². The molecule has 0 bridgehead atoms. The molecule has 7 nitrogen and oxygen atoms in total. The van der Waals surface area contributed by atoms with Crippen LogP contribution >= 0.6 is 0 Å². The smallest absolute Gasteiger partial charge is 0.353 e. The molecule has 24 heavy (non-hydrogen) atoms. The van der Waals surface area contributed by atoms with E-state index in [2.05, 4.69) is 4.90 Å². The number of benzene rings is 1. The number of rotatable bonds is 3. The van der Waals surface area contributed by atoms with Gasteiger partial charge in [-0.25, -0.2) is 9.59 Å². The lowest BCUT2D eigenvalue weighted by Gasteiger charge is -2.30. The molecule has 1 aliphatic heterocycles. The predicted molar refractivity (Wildman–Crippen MR) is 90.6 cm³/mol. The summed E-state index contributed by atoms with van der Waals surface area (Å²) in [6.45, 7) is 6.55. The summed E-state index contributed by atoms with van der Waals surface area (Å²) in [5, 5.41) is 0.534. The lowest BCUT2D eigenvalue weighted by molar-refractivity contribution is 0.0523. The summed E-state index contributed by atoms with van der Waals surface area (Å²) in [7, 11) is 0. The zero-order chi connectivity index (χ0) is 17.3. The number of morpholine rings is 1. The van der Waals surface area contributed by atoms with Gasteiger partial charge in [-0.15, -0.1) is 0 Å². The Morgan fingerprint density at radius 2 is 2.04 bits per heavy atom. The van der Waals surface area contributed by atoms with Crippen LogP contribution in [0.25, 0.3) is 11.0 Å². The van der Waals surface area contributed by atoms with Gasteiger partial charge in [0.05, 0.1) is 25.5 Å². The van der Waals surface area contributed by atoms with Crippen molar-refractivity contribution in [1.29, 1.82) is 0 Å². The first-order valence-electron chi connectivity index (χ1n) is 7.90. The molecule has 0 radical (unpaired) electrons. The maximum atomic E-state index is 12.2. The average Bonchev–Trinajstić information content (AvgIpc) is 2.57. The number of nitrogens with zero attached hydrogens (tertiary/aromatic N) is 1. The van der Waals surface area contributed by atoms with E-state index in [1.165, 1.54) is 0 Å². The highest BCUT2D eigenvalue weighted by Gasteiger charge is 2.23. The number of carbonyl (C=O) groups excluding carboxylic acids is 1. The van der Waals surface area contributed by atoms with Gasteiger partial charge in [0.25, 0.3) is 0 Å². The van der Waals surface area contributed by atoms with Crippen molar-refractivity contribution >= 4 is 28.3 Å². The van der Waals surface area contributed by atoms with Gasteiger partial charge >= 0.3 is 11.6 Å². The zero-order valence-electron chi connectivity index (χ0n) is 13.8. The normalized spacial score (nSPS) is 14.8.